The van der Waals surface area contributed by atoms with Gasteiger partial charge in [0.2, 0.25) is 0 Å². The molecule has 1 heterocycles. The van der Waals surface area contributed by atoms with Crippen LogP contribution < -0.4 is 20.7 Å². The minimum atomic E-state index is -3.22. The molecule has 35 heavy (non-hydrogen) atoms. The van der Waals surface area contributed by atoms with Crippen molar-refractivity contribution in [3.63, 3.8) is 0 Å². The Morgan fingerprint density at radius 3 is 1.71 bits per heavy atom. The second-order valence-corrected chi connectivity index (χ2v) is 17.1. The van der Waals surface area contributed by atoms with Crippen LogP contribution in [0.3, 0.4) is 0 Å². The van der Waals surface area contributed by atoms with Crippen LogP contribution in [0.1, 0.15) is 29.8 Å². The van der Waals surface area contributed by atoms with Gasteiger partial charge in [0.15, 0.2) is 0 Å². The maximum absolute atomic E-state index is 12.8. The summed E-state index contributed by atoms with van der Waals surface area (Å²) < 4.78 is 11.0. The molecule has 0 fully saturated rings. The van der Waals surface area contributed by atoms with E-state index in [4.69, 9.17) is 9.47 Å². The third-order valence-electron chi connectivity index (χ3n) is 6.05. The zero-order valence-corrected chi connectivity index (χ0v) is 22.4. The summed E-state index contributed by atoms with van der Waals surface area (Å²) in [6.45, 7) is 4.36. The average Bonchev–Trinajstić information content (AvgIpc) is 2.91. The molecular weight excluding hydrogens is 521 g/mol. The zero-order chi connectivity index (χ0) is 24.8. The standard InChI is InChI=1S/C29H29BrNO3P/c1-3-33-28-27(29(32)34-4-2)20-23(21-31-28)22-35(30,24-14-8-5-9-15-24,25-16-10-6-11-17-25)26-18-12-7-13-19-26/h5-21H,3-4,22H2,1-2H3. The van der Waals surface area contributed by atoms with Crippen molar-refractivity contribution < 1.29 is 14.3 Å². The van der Waals surface area contributed by atoms with Crippen LogP contribution in [0, 0.1) is 0 Å². The molecule has 0 radical (unpaired) electrons. The number of ether oxygens (including phenoxy) is 2. The summed E-state index contributed by atoms with van der Waals surface area (Å²) in [7, 11) is 0. The van der Waals surface area contributed by atoms with Crippen molar-refractivity contribution in [3.05, 3.63) is 114 Å². The molecule has 0 saturated heterocycles. The Kier molecular flexibility index (Phi) is 7.69. The second-order valence-electron chi connectivity index (χ2n) is 8.20. The number of aromatic nitrogens is 1. The molecule has 0 spiro atoms. The normalized spacial score (nSPS) is 12.4. The van der Waals surface area contributed by atoms with E-state index >= 15 is 0 Å². The molecule has 4 nitrogen and oxygen atoms in total. The van der Waals surface area contributed by atoms with Crippen LogP contribution in [0.5, 0.6) is 5.88 Å². The van der Waals surface area contributed by atoms with Crippen LogP contribution in [0.25, 0.3) is 0 Å². The van der Waals surface area contributed by atoms with Gasteiger partial charge in [-0.1, -0.05) is 0 Å². The van der Waals surface area contributed by atoms with E-state index in [1.54, 1.807) is 6.92 Å². The van der Waals surface area contributed by atoms with Crippen molar-refractivity contribution in [2.75, 3.05) is 13.2 Å². The third-order valence-corrected chi connectivity index (χ3v) is 15.6. The molecule has 0 N–H and O–H groups in total. The molecule has 0 unspecified atom stereocenters. The van der Waals surface area contributed by atoms with Gasteiger partial charge in [0.25, 0.3) is 0 Å². The van der Waals surface area contributed by atoms with E-state index in [9.17, 15) is 4.79 Å². The van der Waals surface area contributed by atoms with Gasteiger partial charge >= 0.3 is 215 Å². The first-order valence-corrected chi connectivity index (χ1v) is 16.1. The summed E-state index contributed by atoms with van der Waals surface area (Å²) in [5.74, 6) is -0.136. The fraction of sp³-hybridized carbons (Fsp3) is 0.172. The number of hydrogen-bond donors (Lipinski definition) is 0. The van der Waals surface area contributed by atoms with Crippen molar-refractivity contribution >= 4 is 42.7 Å². The molecule has 4 aromatic rings. The van der Waals surface area contributed by atoms with Crippen LogP contribution in [0.15, 0.2) is 103 Å². The van der Waals surface area contributed by atoms with Crippen LogP contribution in [-0.4, -0.2) is 24.2 Å². The number of nitrogens with zero attached hydrogens (tertiary/aromatic N) is 1. The first kappa shape index (κ1) is 25.1. The SMILES string of the molecule is CCOC(=O)c1cc(CP(Br)(c2ccccc2)(c2ccccc2)c2ccccc2)cnc1OCC. The van der Waals surface area contributed by atoms with E-state index in [-0.39, 0.29) is 6.61 Å². The van der Waals surface area contributed by atoms with E-state index in [0.717, 1.165) is 5.56 Å². The molecule has 0 bridgehead atoms. The van der Waals surface area contributed by atoms with Gasteiger partial charge in [-0.3, -0.25) is 0 Å². The number of carbonyl (C=O) groups is 1. The number of carbonyl (C=O) groups excluding carboxylic acids is 1. The predicted octanol–water partition coefficient (Wildman–Crippen LogP) is 6.00. The molecule has 6 heteroatoms. The van der Waals surface area contributed by atoms with Crippen molar-refractivity contribution in [2.45, 2.75) is 20.0 Å². The predicted molar refractivity (Wildman–Crippen MR) is 149 cm³/mol. The number of rotatable bonds is 9. The summed E-state index contributed by atoms with van der Waals surface area (Å²) >= 11 is 4.45. The molecule has 0 atom stereocenters. The van der Waals surface area contributed by atoms with Crippen LogP contribution in [-0.2, 0) is 10.9 Å². The second kappa shape index (κ2) is 10.7. The Morgan fingerprint density at radius 2 is 1.29 bits per heavy atom. The van der Waals surface area contributed by atoms with Gasteiger partial charge in [-0.15, -0.1) is 0 Å². The Labute approximate surface area is 215 Å². The van der Waals surface area contributed by atoms with Gasteiger partial charge in [0.1, 0.15) is 0 Å². The average molecular weight is 550 g/mol. The molecule has 0 aliphatic carbocycles. The first-order chi connectivity index (χ1) is 17.0. The molecule has 0 amide bonds. The Morgan fingerprint density at radius 1 is 0.800 bits per heavy atom. The summed E-state index contributed by atoms with van der Waals surface area (Å²) in [5.41, 5.74) is 1.26. The molecule has 3 aromatic carbocycles. The van der Waals surface area contributed by atoms with Crippen molar-refractivity contribution in [2.24, 2.45) is 0 Å². The van der Waals surface area contributed by atoms with Crippen molar-refractivity contribution in [3.8, 4) is 5.88 Å². The maximum atomic E-state index is 12.8. The molecule has 1 aromatic heterocycles. The first-order valence-electron chi connectivity index (χ1n) is 11.7. The summed E-state index contributed by atoms with van der Waals surface area (Å²) in [4.78, 5) is 17.3. The summed E-state index contributed by atoms with van der Waals surface area (Å²) in [6.07, 6.45) is 2.43. The Bertz CT molecular complexity index is 1180. The summed E-state index contributed by atoms with van der Waals surface area (Å²) in [5, 5.41) is 0.372. The van der Waals surface area contributed by atoms with Crippen LogP contribution >= 0.6 is 20.8 Å². The van der Waals surface area contributed by atoms with Gasteiger partial charge in [0, 0.05) is 0 Å². The van der Waals surface area contributed by atoms with E-state index in [1.807, 2.05) is 37.4 Å². The van der Waals surface area contributed by atoms with Gasteiger partial charge in [0.05, 0.1) is 0 Å². The van der Waals surface area contributed by atoms with Crippen molar-refractivity contribution in [1.29, 1.82) is 0 Å². The molecule has 4 rings (SSSR count). The zero-order valence-electron chi connectivity index (χ0n) is 19.9. The molecule has 0 aliphatic heterocycles. The number of halogens is 1. The fourth-order valence-electron chi connectivity index (χ4n) is 4.47. The molecular formula is C29H29BrNO3P. The van der Waals surface area contributed by atoms with Gasteiger partial charge in [-0.05, 0) is 0 Å². The molecule has 0 aliphatic rings. The van der Waals surface area contributed by atoms with Crippen LogP contribution in [0.2, 0.25) is 0 Å². The Balaban J connectivity index is 1.99. The number of hydrogen-bond acceptors (Lipinski definition) is 4. The van der Waals surface area contributed by atoms with Gasteiger partial charge in [-0.25, -0.2) is 0 Å². The van der Waals surface area contributed by atoms with E-state index < -0.39 is 11.3 Å². The molecule has 180 valence electrons. The topological polar surface area (TPSA) is 48.4 Å². The number of benzene rings is 3. The monoisotopic (exact) mass is 549 g/mol. The number of pyridine rings is 1. The molecule has 0 saturated carbocycles. The van der Waals surface area contributed by atoms with Gasteiger partial charge < -0.3 is 0 Å². The number of esters is 1. The van der Waals surface area contributed by atoms with Crippen molar-refractivity contribution in [1.82, 2.24) is 4.98 Å². The minimum absolute atomic E-state index is 0.282. The summed E-state index contributed by atoms with van der Waals surface area (Å²) in [6, 6.07) is 33.5. The van der Waals surface area contributed by atoms with E-state index in [0.29, 0.717) is 24.2 Å². The fourth-order valence-corrected chi connectivity index (χ4v) is 12.1. The third kappa shape index (κ3) is 4.76. The van der Waals surface area contributed by atoms with Gasteiger partial charge in [-0.2, -0.15) is 0 Å². The quantitative estimate of drug-likeness (QED) is 0.190. The van der Waals surface area contributed by atoms with Crippen LogP contribution in [0.4, 0.5) is 0 Å². The Hall–Kier alpha value is -3.01. The van der Waals surface area contributed by atoms with E-state index in [1.165, 1.54) is 15.9 Å². The van der Waals surface area contributed by atoms with E-state index in [2.05, 4.69) is 93.3 Å².